The summed E-state index contributed by atoms with van der Waals surface area (Å²) < 4.78 is 10.8. The number of benzene rings is 1. The van der Waals surface area contributed by atoms with Crippen LogP contribution >= 0.6 is 11.3 Å². The minimum absolute atomic E-state index is 0.177. The van der Waals surface area contributed by atoms with Gasteiger partial charge < -0.3 is 25.0 Å². The first-order valence-electron chi connectivity index (χ1n) is 11.8. The van der Waals surface area contributed by atoms with Gasteiger partial charge in [0.1, 0.15) is 11.0 Å². The van der Waals surface area contributed by atoms with Gasteiger partial charge in [0.15, 0.2) is 0 Å². The van der Waals surface area contributed by atoms with Crippen LogP contribution in [0.25, 0.3) is 0 Å². The SMILES string of the molecule is CCOC(=O)c1c(NC(=O)[C@@H](C)Nc2ccccc2N2CCOCC2)sc2c1CC[C@H](C)C2. The molecule has 2 N–H and O–H groups in total. The summed E-state index contributed by atoms with van der Waals surface area (Å²) in [5.41, 5.74) is 3.56. The maximum atomic E-state index is 13.2. The number of anilines is 3. The van der Waals surface area contributed by atoms with Crippen molar-refractivity contribution in [2.45, 2.75) is 46.1 Å². The summed E-state index contributed by atoms with van der Waals surface area (Å²) in [6, 6.07) is 7.53. The Morgan fingerprint density at radius 3 is 2.79 bits per heavy atom. The Labute approximate surface area is 199 Å². The fourth-order valence-electron chi connectivity index (χ4n) is 4.45. The summed E-state index contributed by atoms with van der Waals surface area (Å²) in [6.07, 6.45) is 2.82. The first kappa shape index (κ1) is 23.6. The van der Waals surface area contributed by atoms with Crippen LogP contribution in [0.5, 0.6) is 0 Å². The number of morpholine rings is 1. The standard InChI is InChI=1S/C25H33N3O4S/c1-4-32-25(30)22-18-10-9-16(2)15-21(18)33-24(22)27-23(29)17(3)26-19-7-5-6-8-20(19)28-11-13-31-14-12-28/h5-8,16-17,26H,4,9-15H2,1-3H3,(H,27,29)/t16-,17+/m0/s1. The summed E-state index contributed by atoms with van der Waals surface area (Å²) >= 11 is 1.52. The molecule has 1 fully saturated rings. The molecule has 2 atom stereocenters. The van der Waals surface area contributed by atoms with Gasteiger partial charge >= 0.3 is 5.97 Å². The summed E-state index contributed by atoms with van der Waals surface area (Å²) in [4.78, 5) is 29.4. The van der Waals surface area contributed by atoms with Gasteiger partial charge in [0, 0.05) is 18.0 Å². The van der Waals surface area contributed by atoms with E-state index < -0.39 is 6.04 Å². The molecule has 1 amide bonds. The highest BCUT2D eigenvalue weighted by atomic mass is 32.1. The Morgan fingerprint density at radius 1 is 1.27 bits per heavy atom. The van der Waals surface area contributed by atoms with Crippen molar-refractivity contribution in [2.24, 2.45) is 5.92 Å². The lowest BCUT2D eigenvalue weighted by molar-refractivity contribution is -0.116. The zero-order valence-electron chi connectivity index (χ0n) is 19.6. The average Bonchev–Trinajstić information content (AvgIpc) is 3.17. The number of hydrogen-bond acceptors (Lipinski definition) is 7. The highest BCUT2D eigenvalue weighted by Crippen LogP contribution is 2.40. The minimum Gasteiger partial charge on any atom is -0.462 e. The highest BCUT2D eigenvalue weighted by Gasteiger charge is 2.30. The largest absolute Gasteiger partial charge is 0.462 e. The predicted molar refractivity (Wildman–Crippen MR) is 133 cm³/mol. The molecule has 2 heterocycles. The molecule has 33 heavy (non-hydrogen) atoms. The lowest BCUT2D eigenvalue weighted by Gasteiger charge is -2.31. The lowest BCUT2D eigenvalue weighted by Crippen LogP contribution is -2.37. The normalized spacial score (nSPS) is 18.9. The molecule has 178 valence electrons. The molecule has 1 saturated heterocycles. The Hall–Kier alpha value is -2.58. The van der Waals surface area contributed by atoms with Crippen molar-refractivity contribution < 1.29 is 19.1 Å². The molecule has 4 rings (SSSR count). The van der Waals surface area contributed by atoms with E-state index in [9.17, 15) is 9.59 Å². The van der Waals surface area contributed by atoms with Crippen LogP contribution in [-0.2, 0) is 27.1 Å². The van der Waals surface area contributed by atoms with Gasteiger partial charge in [-0.1, -0.05) is 19.1 Å². The molecule has 1 aliphatic carbocycles. The van der Waals surface area contributed by atoms with Gasteiger partial charge in [-0.25, -0.2) is 4.79 Å². The fourth-order valence-corrected chi connectivity index (χ4v) is 5.85. The molecular weight excluding hydrogens is 438 g/mol. The second-order valence-electron chi connectivity index (χ2n) is 8.75. The number of rotatable bonds is 7. The van der Waals surface area contributed by atoms with E-state index in [0.717, 1.165) is 49.3 Å². The van der Waals surface area contributed by atoms with E-state index in [1.807, 2.05) is 25.1 Å². The number of para-hydroxylation sites is 2. The fraction of sp³-hybridized carbons (Fsp3) is 0.520. The number of carbonyl (C=O) groups is 2. The van der Waals surface area contributed by atoms with E-state index >= 15 is 0 Å². The van der Waals surface area contributed by atoms with Crippen LogP contribution in [0.15, 0.2) is 24.3 Å². The lowest BCUT2D eigenvalue weighted by atomic mass is 9.88. The van der Waals surface area contributed by atoms with Crippen molar-refractivity contribution in [1.82, 2.24) is 0 Å². The van der Waals surface area contributed by atoms with E-state index in [4.69, 9.17) is 9.47 Å². The Kier molecular flexibility index (Phi) is 7.55. The van der Waals surface area contributed by atoms with Gasteiger partial charge in [0.05, 0.1) is 36.8 Å². The summed E-state index contributed by atoms with van der Waals surface area (Å²) in [5, 5.41) is 6.99. The third-order valence-electron chi connectivity index (χ3n) is 6.25. The number of nitrogens with one attached hydrogen (secondary N) is 2. The number of hydrogen-bond donors (Lipinski definition) is 2. The molecule has 1 aromatic heterocycles. The van der Waals surface area contributed by atoms with Gasteiger partial charge in [-0.05, 0) is 56.7 Å². The summed E-state index contributed by atoms with van der Waals surface area (Å²) in [5.74, 6) is 0.0501. The average molecular weight is 472 g/mol. The highest BCUT2D eigenvalue weighted by molar-refractivity contribution is 7.17. The van der Waals surface area contributed by atoms with Crippen LogP contribution < -0.4 is 15.5 Å². The van der Waals surface area contributed by atoms with Crippen LogP contribution in [0.2, 0.25) is 0 Å². The van der Waals surface area contributed by atoms with E-state index in [2.05, 4.69) is 28.5 Å². The smallest absolute Gasteiger partial charge is 0.341 e. The predicted octanol–water partition coefficient (Wildman–Crippen LogP) is 4.33. The second kappa shape index (κ2) is 10.6. The third kappa shape index (κ3) is 5.33. The first-order valence-corrected chi connectivity index (χ1v) is 12.6. The molecule has 0 bridgehead atoms. The quantitative estimate of drug-likeness (QED) is 0.586. The molecule has 7 nitrogen and oxygen atoms in total. The summed E-state index contributed by atoms with van der Waals surface area (Å²) in [6.45, 7) is 9.21. The first-order chi connectivity index (χ1) is 16.0. The van der Waals surface area contributed by atoms with Crippen LogP contribution in [0, 0.1) is 5.92 Å². The number of fused-ring (bicyclic) bond motifs is 1. The van der Waals surface area contributed by atoms with Crippen LogP contribution in [0.4, 0.5) is 16.4 Å². The van der Waals surface area contributed by atoms with Crippen LogP contribution in [0.1, 0.15) is 48.0 Å². The summed E-state index contributed by atoms with van der Waals surface area (Å²) in [7, 11) is 0. The zero-order valence-corrected chi connectivity index (χ0v) is 20.4. The number of carbonyl (C=O) groups excluding carboxylic acids is 2. The van der Waals surface area contributed by atoms with Gasteiger partial charge in [-0.2, -0.15) is 0 Å². The van der Waals surface area contributed by atoms with Crippen molar-refractivity contribution in [3.63, 3.8) is 0 Å². The molecule has 0 radical (unpaired) electrons. The Morgan fingerprint density at radius 2 is 2.03 bits per heavy atom. The Balaban J connectivity index is 1.51. The monoisotopic (exact) mass is 471 g/mol. The molecular formula is C25H33N3O4S. The molecule has 0 spiro atoms. The number of amides is 1. The van der Waals surface area contributed by atoms with Crippen molar-refractivity contribution in [3.8, 4) is 0 Å². The number of ether oxygens (including phenoxy) is 2. The maximum Gasteiger partial charge on any atom is 0.341 e. The third-order valence-corrected chi connectivity index (χ3v) is 7.42. The maximum absolute atomic E-state index is 13.2. The number of thiophene rings is 1. The van der Waals surface area contributed by atoms with Crippen molar-refractivity contribution in [1.29, 1.82) is 0 Å². The van der Waals surface area contributed by atoms with Gasteiger partial charge in [0.25, 0.3) is 0 Å². The molecule has 2 aromatic rings. The zero-order chi connectivity index (χ0) is 23.4. The van der Waals surface area contributed by atoms with Crippen molar-refractivity contribution in [3.05, 3.63) is 40.3 Å². The van der Waals surface area contributed by atoms with Crippen LogP contribution in [-0.4, -0.2) is 50.8 Å². The second-order valence-corrected chi connectivity index (χ2v) is 9.85. The molecule has 0 unspecified atom stereocenters. The van der Waals surface area contributed by atoms with Crippen molar-refractivity contribution >= 4 is 39.6 Å². The van der Waals surface area contributed by atoms with Crippen molar-refractivity contribution in [2.75, 3.05) is 48.4 Å². The molecule has 2 aliphatic rings. The van der Waals surface area contributed by atoms with E-state index in [1.165, 1.54) is 16.2 Å². The molecule has 1 aliphatic heterocycles. The molecule has 0 saturated carbocycles. The molecule has 8 heteroatoms. The van der Waals surface area contributed by atoms with E-state index in [1.54, 1.807) is 6.92 Å². The Bertz CT molecular complexity index is 1000. The van der Waals surface area contributed by atoms with E-state index in [0.29, 0.717) is 36.3 Å². The topological polar surface area (TPSA) is 79.9 Å². The number of nitrogens with zero attached hydrogens (tertiary/aromatic N) is 1. The van der Waals surface area contributed by atoms with Gasteiger partial charge in [-0.15, -0.1) is 11.3 Å². The van der Waals surface area contributed by atoms with Gasteiger partial charge in [-0.3, -0.25) is 4.79 Å². The van der Waals surface area contributed by atoms with Gasteiger partial charge in [0.2, 0.25) is 5.91 Å². The van der Waals surface area contributed by atoms with E-state index in [-0.39, 0.29) is 11.9 Å². The number of esters is 1. The minimum atomic E-state index is -0.486. The van der Waals surface area contributed by atoms with Crippen LogP contribution in [0.3, 0.4) is 0 Å². The molecule has 1 aromatic carbocycles.